The van der Waals surface area contributed by atoms with Crippen LogP contribution in [0.15, 0.2) is 36.5 Å². The van der Waals surface area contributed by atoms with Gasteiger partial charge in [0.25, 0.3) is 5.91 Å². The van der Waals surface area contributed by atoms with Gasteiger partial charge in [0, 0.05) is 17.7 Å². The number of aliphatic hydroxyl groups excluding tert-OH is 2. The molecule has 1 aromatic heterocycles. The van der Waals surface area contributed by atoms with Gasteiger partial charge in [-0.2, -0.15) is 13.2 Å². The number of alkyl halides is 3. The van der Waals surface area contributed by atoms with Crippen molar-refractivity contribution >= 4 is 5.91 Å². The van der Waals surface area contributed by atoms with Crippen molar-refractivity contribution in [3.63, 3.8) is 0 Å². The van der Waals surface area contributed by atoms with Crippen LogP contribution in [0.5, 0.6) is 11.5 Å². The average molecular weight is 424 g/mol. The van der Waals surface area contributed by atoms with Gasteiger partial charge in [-0.15, -0.1) is 0 Å². The first-order valence-corrected chi connectivity index (χ1v) is 9.34. The summed E-state index contributed by atoms with van der Waals surface area (Å²) in [4.78, 5) is 16.2. The second-order valence-corrected chi connectivity index (χ2v) is 7.23. The summed E-state index contributed by atoms with van der Waals surface area (Å²) in [5.41, 5.74) is -0.398. The Hall–Kier alpha value is -2.85. The first kappa shape index (κ1) is 20.4. The molecule has 4 unspecified atom stereocenters. The number of hydrogen-bond acceptors (Lipinski definition) is 6. The Kier molecular flexibility index (Phi) is 5.29. The van der Waals surface area contributed by atoms with Crippen molar-refractivity contribution in [3.05, 3.63) is 53.3 Å². The van der Waals surface area contributed by atoms with E-state index in [2.05, 4.69) is 10.3 Å². The molecule has 0 saturated heterocycles. The molecule has 0 spiro atoms. The van der Waals surface area contributed by atoms with Crippen molar-refractivity contribution in [2.75, 3.05) is 13.2 Å². The molecule has 2 aromatic rings. The molecule has 2 heterocycles. The summed E-state index contributed by atoms with van der Waals surface area (Å²) in [6, 6.07) is 5.83. The number of fused-ring (bicyclic) bond motifs is 1. The number of halogens is 3. The Labute approximate surface area is 169 Å². The maximum Gasteiger partial charge on any atom is 0.433 e. The topological polar surface area (TPSA) is 101 Å². The number of rotatable bonds is 3. The van der Waals surface area contributed by atoms with E-state index < -0.39 is 41.9 Å². The second-order valence-electron chi connectivity index (χ2n) is 7.23. The number of amides is 1. The number of pyridine rings is 1. The number of nitrogens with zero attached hydrogens (tertiary/aromatic N) is 1. The molecule has 3 N–H and O–H groups in total. The zero-order valence-corrected chi connectivity index (χ0v) is 15.6. The highest BCUT2D eigenvalue weighted by Gasteiger charge is 2.43. The lowest BCUT2D eigenvalue weighted by Gasteiger charge is -2.24. The maximum absolute atomic E-state index is 12.8. The zero-order valence-electron chi connectivity index (χ0n) is 15.6. The maximum atomic E-state index is 12.8. The van der Waals surface area contributed by atoms with Crippen LogP contribution in [-0.2, 0) is 6.18 Å². The summed E-state index contributed by atoms with van der Waals surface area (Å²) < 4.78 is 49.1. The van der Waals surface area contributed by atoms with Crippen LogP contribution in [0.1, 0.15) is 34.0 Å². The fourth-order valence-electron chi connectivity index (χ4n) is 3.76. The molecule has 0 bridgehead atoms. The van der Waals surface area contributed by atoms with Crippen molar-refractivity contribution in [1.82, 2.24) is 10.3 Å². The highest BCUT2D eigenvalue weighted by atomic mass is 19.4. The molecular weight excluding hydrogens is 405 g/mol. The van der Waals surface area contributed by atoms with Gasteiger partial charge < -0.3 is 25.0 Å². The molecule has 10 heteroatoms. The predicted molar refractivity (Wildman–Crippen MR) is 97.3 cm³/mol. The van der Waals surface area contributed by atoms with Crippen LogP contribution in [0.4, 0.5) is 13.2 Å². The van der Waals surface area contributed by atoms with Crippen LogP contribution in [0.3, 0.4) is 0 Å². The van der Waals surface area contributed by atoms with Crippen LogP contribution in [0, 0.1) is 0 Å². The van der Waals surface area contributed by atoms with Crippen molar-refractivity contribution in [2.45, 2.75) is 36.8 Å². The van der Waals surface area contributed by atoms with E-state index in [1.54, 1.807) is 6.07 Å². The molecule has 0 radical (unpaired) electrons. The lowest BCUT2D eigenvalue weighted by atomic mass is 9.94. The molecule has 4 atom stereocenters. The standard InChI is InChI=1S/C20H19F3N2O5/c21-20(22,23)16-4-2-11(9-24-16)12-8-13(26)18(27)17(12)25-19(28)10-1-3-14-15(7-10)30-6-5-29-14/h1-4,7,9,12-13,17-18,26-27H,5-6,8H2,(H,25,28). The Balaban J connectivity index is 1.54. The smallest absolute Gasteiger partial charge is 0.433 e. The minimum absolute atomic E-state index is 0.0697. The molecule has 1 aliphatic carbocycles. The quantitative estimate of drug-likeness (QED) is 0.696. The SMILES string of the molecule is O=C(NC1C(c2ccc(C(F)(F)F)nc2)CC(O)C1O)c1ccc2c(c1)OCCO2. The van der Waals surface area contributed by atoms with Crippen molar-refractivity contribution < 1.29 is 37.7 Å². The van der Waals surface area contributed by atoms with Gasteiger partial charge >= 0.3 is 6.18 Å². The highest BCUT2D eigenvalue weighted by Crippen LogP contribution is 2.37. The second kappa shape index (κ2) is 7.77. The molecule has 30 heavy (non-hydrogen) atoms. The monoisotopic (exact) mass is 424 g/mol. The number of nitrogens with one attached hydrogen (secondary N) is 1. The van der Waals surface area contributed by atoms with E-state index in [4.69, 9.17) is 9.47 Å². The number of carbonyl (C=O) groups is 1. The highest BCUT2D eigenvalue weighted by molar-refractivity contribution is 5.95. The van der Waals surface area contributed by atoms with Crippen molar-refractivity contribution in [3.8, 4) is 11.5 Å². The summed E-state index contributed by atoms with van der Waals surface area (Å²) in [7, 11) is 0. The molecule has 2 aliphatic rings. The lowest BCUT2D eigenvalue weighted by molar-refractivity contribution is -0.141. The van der Waals surface area contributed by atoms with E-state index >= 15 is 0 Å². The van der Waals surface area contributed by atoms with Gasteiger partial charge in [-0.1, -0.05) is 6.07 Å². The molecular formula is C20H19F3N2O5. The normalized spacial score (nSPS) is 25.8. The molecule has 1 fully saturated rings. The summed E-state index contributed by atoms with van der Waals surface area (Å²) in [6.45, 7) is 0.766. The first-order chi connectivity index (χ1) is 14.2. The van der Waals surface area contributed by atoms with Crippen molar-refractivity contribution in [2.24, 2.45) is 0 Å². The van der Waals surface area contributed by atoms with Crippen LogP contribution in [-0.4, -0.2) is 52.6 Å². The summed E-state index contributed by atoms with van der Waals surface area (Å²) in [6.07, 6.45) is -5.86. The molecule has 4 rings (SSSR count). The predicted octanol–water partition coefficient (Wildman–Crippen LogP) is 1.88. The Morgan fingerprint density at radius 1 is 1.10 bits per heavy atom. The zero-order chi connectivity index (χ0) is 21.5. The fraction of sp³-hybridized carbons (Fsp3) is 0.400. The number of benzene rings is 1. The van der Waals surface area contributed by atoms with Crippen LogP contribution >= 0.6 is 0 Å². The Morgan fingerprint density at radius 3 is 2.50 bits per heavy atom. The minimum Gasteiger partial charge on any atom is -0.486 e. The van der Waals surface area contributed by atoms with Crippen molar-refractivity contribution in [1.29, 1.82) is 0 Å². The van der Waals surface area contributed by atoms with Crippen LogP contribution in [0.25, 0.3) is 0 Å². The fourth-order valence-corrected chi connectivity index (χ4v) is 3.76. The molecule has 1 aromatic carbocycles. The largest absolute Gasteiger partial charge is 0.486 e. The Bertz CT molecular complexity index is 935. The van der Waals surface area contributed by atoms with Gasteiger partial charge in [0.15, 0.2) is 11.5 Å². The average Bonchev–Trinajstić information content (AvgIpc) is 3.01. The molecule has 1 aliphatic heterocycles. The van der Waals surface area contributed by atoms with E-state index in [0.717, 1.165) is 12.3 Å². The van der Waals surface area contributed by atoms with Gasteiger partial charge in [-0.3, -0.25) is 9.78 Å². The third kappa shape index (κ3) is 3.92. The van der Waals surface area contributed by atoms with E-state index in [-0.39, 0.29) is 12.0 Å². The molecule has 1 saturated carbocycles. The minimum atomic E-state index is -4.57. The lowest BCUT2D eigenvalue weighted by Crippen LogP contribution is -2.45. The molecule has 1 amide bonds. The van der Waals surface area contributed by atoms with Crippen LogP contribution in [0.2, 0.25) is 0 Å². The van der Waals surface area contributed by atoms with E-state index in [1.165, 1.54) is 18.2 Å². The summed E-state index contributed by atoms with van der Waals surface area (Å²) in [5.74, 6) is -0.187. The number of hydrogen-bond donors (Lipinski definition) is 3. The van der Waals surface area contributed by atoms with E-state index in [0.29, 0.717) is 30.3 Å². The molecule has 7 nitrogen and oxygen atoms in total. The van der Waals surface area contributed by atoms with Gasteiger partial charge in [0.2, 0.25) is 0 Å². The number of aliphatic hydroxyl groups is 2. The van der Waals surface area contributed by atoms with E-state index in [9.17, 15) is 28.2 Å². The first-order valence-electron chi connectivity index (χ1n) is 9.34. The van der Waals surface area contributed by atoms with Gasteiger partial charge in [-0.25, -0.2) is 0 Å². The molecule has 160 valence electrons. The number of ether oxygens (including phenoxy) is 2. The van der Waals surface area contributed by atoms with E-state index in [1.807, 2.05) is 0 Å². The van der Waals surface area contributed by atoms with Crippen LogP contribution < -0.4 is 14.8 Å². The Morgan fingerprint density at radius 2 is 1.83 bits per heavy atom. The van der Waals surface area contributed by atoms with Gasteiger partial charge in [-0.05, 0) is 36.2 Å². The number of aromatic nitrogens is 1. The van der Waals surface area contributed by atoms with Gasteiger partial charge in [0.1, 0.15) is 25.0 Å². The third-order valence-corrected chi connectivity index (χ3v) is 5.30. The summed E-state index contributed by atoms with van der Waals surface area (Å²) >= 11 is 0. The third-order valence-electron chi connectivity index (χ3n) is 5.30. The van der Waals surface area contributed by atoms with Gasteiger partial charge in [0.05, 0.1) is 12.1 Å². The summed E-state index contributed by atoms with van der Waals surface area (Å²) in [5, 5.41) is 23.1. The number of carbonyl (C=O) groups excluding carboxylic acids is 1.